The number of rotatable bonds is 9. The van der Waals surface area contributed by atoms with Gasteiger partial charge in [0.15, 0.2) is 6.61 Å². The highest BCUT2D eigenvalue weighted by Gasteiger charge is 2.27. The average Bonchev–Trinajstić information content (AvgIpc) is 2.70. The third kappa shape index (κ3) is 6.82. The van der Waals surface area contributed by atoms with Crippen LogP contribution in [0, 0.1) is 0 Å². The van der Waals surface area contributed by atoms with Gasteiger partial charge in [-0.05, 0) is 56.7 Å². The van der Waals surface area contributed by atoms with Crippen LogP contribution in [-0.4, -0.2) is 42.5 Å². The van der Waals surface area contributed by atoms with Crippen LogP contribution in [0.3, 0.4) is 0 Å². The van der Waals surface area contributed by atoms with Gasteiger partial charge in [-0.2, -0.15) is 0 Å². The molecule has 162 valence electrons. The topological polar surface area (TPSA) is 67.9 Å². The van der Waals surface area contributed by atoms with Crippen LogP contribution in [0.1, 0.15) is 26.3 Å². The van der Waals surface area contributed by atoms with Gasteiger partial charge < -0.3 is 19.7 Å². The second kappa shape index (κ2) is 11.1. The second-order valence-corrected chi connectivity index (χ2v) is 7.92. The number of carbonyl (C=O) groups excluding carboxylic acids is 2. The zero-order valence-electron chi connectivity index (χ0n) is 17.4. The van der Waals surface area contributed by atoms with E-state index < -0.39 is 6.04 Å². The van der Waals surface area contributed by atoms with Crippen molar-refractivity contribution in [3.8, 4) is 11.5 Å². The molecular formula is C22H26Cl2N2O4. The predicted octanol–water partition coefficient (Wildman–Crippen LogP) is 4.32. The number of nitrogens with zero attached hydrogens (tertiary/aromatic N) is 1. The number of hydrogen-bond acceptors (Lipinski definition) is 4. The summed E-state index contributed by atoms with van der Waals surface area (Å²) in [4.78, 5) is 27.0. The first-order valence-corrected chi connectivity index (χ1v) is 10.3. The van der Waals surface area contributed by atoms with Crippen molar-refractivity contribution in [3.05, 3.63) is 58.1 Å². The molecule has 2 aromatic carbocycles. The summed E-state index contributed by atoms with van der Waals surface area (Å²) in [6.07, 6.45) is 0. The van der Waals surface area contributed by atoms with Crippen molar-refractivity contribution >= 4 is 35.0 Å². The molecule has 0 aromatic heterocycles. The molecule has 1 atom stereocenters. The molecule has 0 heterocycles. The Kier molecular flexibility index (Phi) is 8.81. The summed E-state index contributed by atoms with van der Waals surface area (Å²) in [7, 11) is 1.59. The van der Waals surface area contributed by atoms with E-state index in [1.165, 1.54) is 11.0 Å². The van der Waals surface area contributed by atoms with Crippen LogP contribution in [-0.2, 0) is 16.1 Å². The molecule has 0 unspecified atom stereocenters. The van der Waals surface area contributed by atoms with Gasteiger partial charge in [0.25, 0.3) is 5.91 Å². The standard InChI is InChI=1S/C22H26Cl2N2O4/c1-14(2)25-22(28)15(3)26(12-16-5-8-18(29-4)9-6-16)21(27)13-30-20-10-7-17(23)11-19(20)24/h5-11,14-15H,12-13H2,1-4H3,(H,25,28)/t15-/m1/s1. The van der Waals surface area contributed by atoms with E-state index in [0.29, 0.717) is 21.5 Å². The van der Waals surface area contributed by atoms with Gasteiger partial charge in [0, 0.05) is 17.6 Å². The summed E-state index contributed by atoms with van der Waals surface area (Å²) in [5.41, 5.74) is 0.859. The lowest BCUT2D eigenvalue weighted by atomic mass is 10.1. The largest absolute Gasteiger partial charge is 0.497 e. The first-order valence-electron chi connectivity index (χ1n) is 9.52. The van der Waals surface area contributed by atoms with E-state index in [2.05, 4.69) is 5.32 Å². The smallest absolute Gasteiger partial charge is 0.261 e. The zero-order valence-corrected chi connectivity index (χ0v) is 19.0. The lowest BCUT2D eigenvalue weighted by Crippen LogP contribution is -2.50. The van der Waals surface area contributed by atoms with Crippen LogP contribution in [0.2, 0.25) is 10.0 Å². The average molecular weight is 453 g/mol. The third-order valence-corrected chi connectivity index (χ3v) is 4.89. The fourth-order valence-corrected chi connectivity index (χ4v) is 3.19. The van der Waals surface area contributed by atoms with Crippen molar-refractivity contribution in [1.29, 1.82) is 0 Å². The molecule has 30 heavy (non-hydrogen) atoms. The Bertz CT molecular complexity index is 872. The maximum Gasteiger partial charge on any atom is 0.261 e. The SMILES string of the molecule is COc1ccc(CN(C(=O)COc2ccc(Cl)cc2Cl)[C@H](C)C(=O)NC(C)C)cc1. The van der Waals surface area contributed by atoms with Gasteiger partial charge in [0.1, 0.15) is 17.5 Å². The number of ether oxygens (including phenoxy) is 2. The number of methoxy groups -OCH3 is 1. The molecule has 0 radical (unpaired) electrons. The summed E-state index contributed by atoms with van der Waals surface area (Å²) < 4.78 is 10.8. The number of halogens is 2. The molecule has 0 saturated carbocycles. The summed E-state index contributed by atoms with van der Waals surface area (Å²) in [5.74, 6) is 0.473. The quantitative estimate of drug-likeness (QED) is 0.614. The van der Waals surface area contributed by atoms with Crippen LogP contribution in [0.4, 0.5) is 0 Å². The van der Waals surface area contributed by atoms with Crippen LogP contribution < -0.4 is 14.8 Å². The van der Waals surface area contributed by atoms with E-state index in [0.717, 1.165) is 5.56 Å². The van der Waals surface area contributed by atoms with E-state index in [1.54, 1.807) is 38.3 Å². The number of nitrogens with one attached hydrogen (secondary N) is 1. The van der Waals surface area contributed by atoms with E-state index in [9.17, 15) is 9.59 Å². The van der Waals surface area contributed by atoms with Gasteiger partial charge in [-0.15, -0.1) is 0 Å². The monoisotopic (exact) mass is 452 g/mol. The zero-order chi connectivity index (χ0) is 22.3. The Morgan fingerprint density at radius 3 is 2.30 bits per heavy atom. The van der Waals surface area contributed by atoms with Crippen LogP contribution in [0.25, 0.3) is 0 Å². The highest BCUT2D eigenvalue weighted by molar-refractivity contribution is 6.35. The van der Waals surface area contributed by atoms with Gasteiger partial charge >= 0.3 is 0 Å². The highest BCUT2D eigenvalue weighted by atomic mass is 35.5. The molecule has 0 spiro atoms. The fraction of sp³-hybridized carbons (Fsp3) is 0.364. The minimum atomic E-state index is -0.689. The molecule has 6 nitrogen and oxygen atoms in total. The van der Waals surface area contributed by atoms with Crippen molar-refractivity contribution in [3.63, 3.8) is 0 Å². The maximum atomic E-state index is 13.0. The van der Waals surface area contributed by atoms with Gasteiger partial charge in [0.2, 0.25) is 5.91 Å². The molecule has 2 rings (SSSR count). The highest BCUT2D eigenvalue weighted by Crippen LogP contribution is 2.27. The Labute approximate surface area is 187 Å². The molecule has 2 amide bonds. The van der Waals surface area contributed by atoms with Gasteiger partial charge in [-0.3, -0.25) is 9.59 Å². The normalized spacial score (nSPS) is 11.7. The summed E-state index contributed by atoms with van der Waals surface area (Å²) in [5, 5.41) is 3.62. The molecule has 1 N–H and O–H groups in total. The van der Waals surface area contributed by atoms with E-state index >= 15 is 0 Å². The van der Waals surface area contributed by atoms with E-state index in [1.807, 2.05) is 26.0 Å². The fourth-order valence-electron chi connectivity index (χ4n) is 2.73. The lowest BCUT2D eigenvalue weighted by Gasteiger charge is -2.29. The van der Waals surface area contributed by atoms with E-state index in [4.69, 9.17) is 32.7 Å². The number of carbonyl (C=O) groups is 2. The Balaban J connectivity index is 2.17. The number of benzene rings is 2. The molecule has 2 aromatic rings. The summed E-state index contributed by atoms with van der Waals surface area (Å²) >= 11 is 12.0. The van der Waals surface area contributed by atoms with Gasteiger partial charge in [0.05, 0.1) is 12.1 Å². The van der Waals surface area contributed by atoms with Crippen molar-refractivity contribution in [2.24, 2.45) is 0 Å². The van der Waals surface area contributed by atoms with Crippen molar-refractivity contribution in [1.82, 2.24) is 10.2 Å². The Morgan fingerprint density at radius 1 is 1.07 bits per heavy atom. The summed E-state index contributed by atoms with van der Waals surface area (Å²) in [6.45, 7) is 5.40. The molecule has 0 saturated heterocycles. The van der Waals surface area contributed by atoms with Gasteiger partial charge in [-0.25, -0.2) is 0 Å². The third-order valence-electron chi connectivity index (χ3n) is 4.36. The van der Waals surface area contributed by atoms with E-state index in [-0.39, 0.29) is 31.0 Å². The minimum absolute atomic E-state index is 0.0398. The van der Waals surface area contributed by atoms with Crippen LogP contribution >= 0.6 is 23.2 Å². The van der Waals surface area contributed by atoms with Gasteiger partial charge in [-0.1, -0.05) is 35.3 Å². The lowest BCUT2D eigenvalue weighted by molar-refractivity contribution is -0.142. The first kappa shape index (κ1) is 23.8. The molecular weight excluding hydrogens is 427 g/mol. The van der Waals surface area contributed by atoms with Crippen molar-refractivity contribution in [2.45, 2.75) is 39.4 Å². The van der Waals surface area contributed by atoms with Crippen LogP contribution in [0.15, 0.2) is 42.5 Å². The first-order chi connectivity index (χ1) is 14.2. The molecule has 0 aliphatic rings. The number of hydrogen-bond donors (Lipinski definition) is 1. The van der Waals surface area contributed by atoms with Crippen molar-refractivity contribution in [2.75, 3.05) is 13.7 Å². The second-order valence-electron chi connectivity index (χ2n) is 7.07. The molecule has 0 aliphatic heterocycles. The molecule has 0 aliphatic carbocycles. The maximum absolute atomic E-state index is 13.0. The predicted molar refractivity (Wildman–Crippen MR) is 118 cm³/mol. The molecule has 8 heteroatoms. The minimum Gasteiger partial charge on any atom is -0.497 e. The van der Waals surface area contributed by atoms with Crippen LogP contribution in [0.5, 0.6) is 11.5 Å². The molecule has 0 fully saturated rings. The summed E-state index contributed by atoms with van der Waals surface area (Å²) in [6, 6.07) is 11.3. The number of amides is 2. The molecule has 0 bridgehead atoms. The Hall–Kier alpha value is -2.44. The Morgan fingerprint density at radius 2 is 1.73 bits per heavy atom. The van der Waals surface area contributed by atoms with Crippen molar-refractivity contribution < 1.29 is 19.1 Å².